The standard InChI is InChI=1S/C17H20N2O3/c1-22-15-9-5-8-14(12-15)19-17(21)16(18-10-11-20)13-6-3-2-4-7-13/h2-9,12,16,18,20H,10-11H2,1H3,(H,19,21)/t16-/m1/s1. The van der Waals surface area contributed by atoms with Gasteiger partial charge in [0.05, 0.1) is 13.7 Å². The maximum atomic E-state index is 12.5. The number of methoxy groups -OCH3 is 1. The summed E-state index contributed by atoms with van der Waals surface area (Å²) < 4.78 is 5.15. The topological polar surface area (TPSA) is 70.6 Å². The highest BCUT2D eigenvalue weighted by molar-refractivity contribution is 5.95. The Morgan fingerprint density at radius 3 is 2.64 bits per heavy atom. The Morgan fingerprint density at radius 1 is 1.18 bits per heavy atom. The van der Waals surface area contributed by atoms with Gasteiger partial charge in [-0.15, -0.1) is 0 Å². The molecule has 0 aliphatic carbocycles. The van der Waals surface area contributed by atoms with Crippen molar-refractivity contribution >= 4 is 11.6 Å². The van der Waals surface area contributed by atoms with Gasteiger partial charge in [0, 0.05) is 18.3 Å². The molecule has 0 radical (unpaired) electrons. The van der Waals surface area contributed by atoms with Gasteiger partial charge in [-0.2, -0.15) is 0 Å². The van der Waals surface area contributed by atoms with Gasteiger partial charge in [0.1, 0.15) is 11.8 Å². The van der Waals surface area contributed by atoms with Gasteiger partial charge in [-0.1, -0.05) is 36.4 Å². The summed E-state index contributed by atoms with van der Waals surface area (Å²) in [6, 6.07) is 16.1. The fourth-order valence-corrected chi connectivity index (χ4v) is 2.13. The van der Waals surface area contributed by atoms with E-state index in [4.69, 9.17) is 9.84 Å². The van der Waals surface area contributed by atoms with Gasteiger partial charge >= 0.3 is 0 Å². The highest BCUT2D eigenvalue weighted by Crippen LogP contribution is 2.19. The van der Waals surface area contributed by atoms with Crippen LogP contribution in [-0.2, 0) is 4.79 Å². The van der Waals surface area contributed by atoms with Crippen molar-refractivity contribution in [2.45, 2.75) is 6.04 Å². The van der Waals surface area contributed by atoms with Crippen LogP contribution in [-0.4, -0.2) is 31.3 Å². The van der Waals surface area contributed by atoms with E-state index in [1.165, 1.54) is 0 Å². The first-order valence-corrected chi connectivity index (χ1v) is 7.08. The molecule has 0 heterocycles. The molecule has 1 atom stereocenters. The number of aliphatic hydroxyl groups is 1. The maximum absolute atomic E-state index is 12.5. The number of nitrogens with one attached hydrogen (secondary N) is 2. The highest BCUT2D eigenvalue weighted by atomic mass is 16.5. The summed E-state index contributed by atoms with van der Waals surface area (Å²) in [7, 11) is 1.58. The fraction of sp³-hybridized carbons (Fsp3) is 0.235. The second kappa shape index (κ2) is 8.17. The lowest BCUT2D eigenvalue weighted by Gasteiger charge is -2.18. The molecule has 1 amide bonds. The molecule has 0 aliphatic heterocycles. The van der Waals surface area contributed by atoms with Gasteiger partial charge in [0.2, 0.25) is 5.91 Å². The summed E-state index contributed by atoms with van der Waals surface area (Å²) in [5.74, 6) is 0.491. The average molecular weight is 300 g/mol. The third-order valence-corrected chi connectivity index (χ3v) is 3.19. The van der Waals surface area contributed by atoms with Gasteiger partial charge in [0.15, 0.2) is 0 Å². The van der Waals surface area contributed by atoms with Gasteiger partial charge in [0.25, 0.3) is 0 Å². The van der Waals surface area contributed by atoms with E-state index in [1.54, 1.807) is 19.2 Å². The Bertz CT molecular complexity index is 602. The molecule has 2 aromatic carbocycles. The third-order valence-electron chi connectivity index (χ3n) is 3.19. The summed E-state index contributed by atoms with van der Waals surface area (Å²) in [5.41, 5.74) is 1.51. The SMILES string of the molecule is COc1cccc(NC(=O)[C@H](NCCO)c2ccccc2)c1. The number of anilines is 1. The molecule has 0 aliphatic rings. The first-order chi connectivity index (χ1) is 10.7. The number of hydrogen-bond donors (Lipinski definition) is 3. The van der Waals surface area contributed by atoms with Gasteiger partial charge in [-0.05, 0) is 17.7 Å². The van der Waals surface area contributed by atoms with E-state index in [0.29, 0.717) is 18.0 Å². The van der Waals surface area contributed by atoms with Crippen LogP contribution in [0.15, 0.2) is 54.6 Å². The Labute approximate surface area is 129 Å². The van der Waals surface area contributed by atoms with Crippen molar-refractivity contribution in [1.82, 2.24) is 5.32 Å². The maximum Gasteiger partial charge on any atom is 0.246 e. The summed E-state index contributed by atoms with van der Waals surface area (Å²) in [4.78, 5) is 12.5. The number of rotatable bonds is 7. The van der Waals surface area contributed by atoms with E-state index in [2.05, 4.69) is 10.6 Å². The van der Waals surface area contributed by atoms with Crippen LogP contribution in [0.4, 0.5) is 5.69 Å². The smallest absolute Gasteiger partial charge is 0.246 e. The lowest BCUT2D eigenvalue weighted by Crippen LogP contribution is -2.34. The Morgan fingerprint density at radius 2 is 1.95 bits per heavy atom. The quantitative estimate of drug-likeness (QED) is 0.731. The number of carbonyl (C=O) groups excluding carboxylic acids is 1. The highest BCUT2D eigenvalue weighted by Gasteiger charge is 2.19. The molecular formula is C17H20N2O3. The summed E-state index contributed by atoms with van der Waals surface area (Å²) in [5, 5.41) is 14.9. The Hall–Kier alpha value is -2.37. The van der Waals surface area contributed by atoms with Crippen molar-refractivity contribution in [3.05, 3.63) is 60.2 Å². The van der Waals surface area contributed by atoms with Gasteiger partial charge in [-0.25, -0.2) is 0 Å². The minimum atomic E-state index is -0.528. The Balaban J connectivity index is 2.14. The predicted octanol–water partition coefficient (Wildman–Crippen LogP) is 1.96. The van der Waals surface area contributed by atoms with Crippen LogP contribution in [0.3, 0.4) is 0 Å². The second-order valence-electron chi connectivity index (χ2n) is 4.74. The minimum absolute atomic E-state index is 0.0320. The van der Waals surface area contributed by atoms with Crippen LogP contribution in [0.25, 0.3) is 0 Å². The van der Waals surface area contributed by atoms with Crippen LogP contribution < -0.4 is 15.4 Å². The lowest BCUT2D eigenvalue weighted by atomic mass is 10.1. The zero-order valence-electron chi connectivity index (χ0n) is 12.5. The van der Waals surface area contributed by atoms with Crippen molar-refractivity contribution in [3.63, 3.8) is 0 Å². The molecule has 22 heavy (non-hydrogen) atoms. The number of amides is 1. The molecule has 5 nitrogen and oxygen atoms in total. The van der Waals surface area contributed by atoms with E-state index in [0.717, 1.165) is 5.56 Å². The van der Waals surface area contributed by atoms with E-state index in [-0.39, 0.29) is 12.5 Å². The zero-order chi connectivity index (χ0) is 15.8. The molecule has 2 aromatic rings. The molecule has 0 fully saturated rings. The van der Waals surface area contributed by atoms with Crippen LogP contribution in [0.2, 0.25) is 0 Å². The summed E-state index contributed by atoms with van der Waals surface area (Å²) >= 11 is 0. The predicted molar refractivity (Wildman–Crippen MR) is 85.9 cm³/mol. The van der Waals surface area contributed by atoms with Crippen molar-refractivity contribution in [1.29, 1.82) is 0 Å². The monoisotopic (exact) mass is 300 g/mol. The normalized spacial score (nSPS) is 11.7. The molecule has 5 heteroatoms. The number of aliphatic hydroxyl groups excluding tert-OH is 1. The molecule has 0 saturated heterocycles. The van der Waals surface area contributed by atoms with E-state index in [1.807, 2.05) is 42.5 Å². The van der Waals surface area contributed by atoms with Gasteiger partial charge in [-0.3, -0.25) is 10.1 Å². The van der Waals surface area contributed by atoms with E-state index >= 15 is 0 Å². The minimum Gasteiger partial charge on any atom is -0.497 e. The molecule has 0 saturated carbocycles. The molecule has 0 spiro atoms. The van der Waals surface area contributed by atoms with Crippen molar-refractivity contribution in [2.75, 3.05) is 25.6 Å². The largest absolute Gasteiger partial charge is 0.497 e. The summed E-state index contributed by atoms with van der Waals surface area (Å²) in [6.07, 6.45) is 0. The first kappa shape index (κ1) is 16.0. The van der Waals surface area contributed by atoms with E-state index in [9.17, 15) is 4.79 Å². The molecular weight excluding hydrogens is 280 g/mol. The number of carbonyl (C=O) groups is 1. The molecule has 3 N–H and O–H groups in total. The molecule has 0 bridgehead atoms. The Kier molecular flexibility index (Phi) is 5.94. The van der Waals surface area contributed by atoms with Crippen molar-refractivity contribution in [2.24, 2.45) is 0 Å². The number of ether oxygens (including phenoxy) is 1. The average Bonchev–Trinajstić information content (AvgIpc) is 2.56. The van der Waals surface area contributed by atoms with E-state index < -0.39 is 6.04 Å². The molecule has 0 unspecified atom stereocenters. The van der Waals surface area contributed by atoms with Gasteiger partial charge < -0.3 is 15.2 Å². The lowest BCUT2D eigenvalue weighted by molar-refractivity contribution is -0.118. The summed E-state index contributed by atoms with van der Waals surface area (Å²) in [6.45, 7) is 0.306. The van der Waals surface area contributed by atoms with Crippen LogP contribution in [0.5, 0.6) is 5.75 Å². The third kappa shape index (κ3) is 4.31. The van der Waals surface area contributed by atoms with Crippen molar-refractivity contribution < 1.29 is 14.6 Å². The number of benzene rings is 2. The van der Waals surface area contributed by atoms with Crippen LogP contribution in [0.1, 0.15) is 11.6 Å². The van der Waals surface area contributed by atoms with Crippen molar-refractivity contribution in [3.8, 4) is 5.75 Å². The van der Waals surface area contributed by atoms with Crippen LogP contribution in [0, 0.1) is 0 Å². The first-order valence-electron chi connectivity index (χ1n) is 7.08. The fourth-order valence-electron chi connectivity index (χ4n) is 2.13. The van der Waals surface area contributed by atoms with Crippen LogP contribution >= 0.6 is 0 Å². The molecule has 116 valence electrons. The number of hydrogen-bond acceptors (Lipinski definition) is 4. The zero-order valence-corrected chi connectivity index (χ0v) is 12.5. The molecule has 2 rings (SSSR count). The molecule has 0 aromatic heterocycles. The second-order valence-corrected chi connectivity index (χ2v) is 4.74.